The van der Waals surface area contributed by atoms with Gasteiger partial charge in [-0.25, -0.2) is 4.39 Å². The average Bonchev–Trinajstić information content (AvgIpc) is 3.05. The molecule has 0 fully saturated rings. The quantitative estimate of drug-likeness (QED) is 0.549. The van der Waals surface area contributed by atoms with Crippen molar-refractivity contribution < 1.29 is 19.1 Å². The van der Waals surface area contributed by atoms with E-state index in [1.54, 1.807) is 24.3 Å². The molecular formula is C25H19ClFNO3. The third kappa shape index (κ3) is 4.23. The molecule has 3 aromatic carbocycles. The Labute approximate surface area is 184 Å². The van der Waals surface area contributed by atoms with Crippen molar-refractivity contribution in [3.05, 3.63) is 112 Å². The van der Waals surface area contributed by atoms with Crippen molar-refractivity contribution in [3.8, 4) is 0 Å². The van der Waals surface area contributed by atoms with Gasteiger partial charge in [0.2, 0.25) is 0 Å². The summed E-state index contributed by atoms with van der Waals surface area (Å²) >= 11 is 6.01. The molecule has 1 atom stereocenters. The Balaban J connectivity index is 1.72. The highest BCUT2D eigenvalue weighted by molar-refractivity contribution is 6.30. The lowest BCUT2D eigenvalue weighted by atomic mass is 9.93. The van der Waals surface area contributed by atoms with Crippen LogP contribution in [-0.2, 0) is 16.0 Å². The second kappa shape index (κ2) is 8.74. The SMILES string of the molecule is O=C(CCc1ccccc1)C1=C(O)C(=O)N(c2ccc(F)cc2)C1c1ccc(Cl)cc1. The molecule has 4 rings (SSSR count). The van der Waals surface area contributed by atoms with Crippen LogP contribution in [0.4, 0.5) is 10.1 Å². The van der Waals surface area contributed by atoms with E-state index in [9.17, 15) is 19.1 Å². The molecule has 0 aliphatic carbocycles. The number of carbonyl (C=O) groups is 2. The van der Waals surface area contributed by atoms with Gasteiger partial charge < -0.3 is 5.11 Å². The Morgan fingerprint density at radius 3 is 2.26 bits per heavy atom. The summed E-state index contributed by atoms with van der Waals surface area (Å²) in [6.07, 6.45) is 0.618. The van der Waals surface area contributed by atoms with Gasteiger partial charge >= 0.3 is 0 Å². The third-order valence-corrected chi connectivity index (χ3v) is 5.53. The normalized spacial score (nSPS) is 16.1. The van der Waals surface area contributed by atoms with Crippen molar-refractivity contribution in [1.29, 1.82) is 0 Å². The number of rotatable bonds is 6. The highest BCUT2D eigenvalue weighted by Crippen LogP contribution is 2.41. The van der Waals surface area contributed by atoms with Crippen LogP contribution in [0.25, 0.3) is 0 Å². The fourth-order valence-corrected chi connectivity index (χ4v) is 3.88. The van der Waals surface area contributed by atoms with Crippen LogP contribution in [-0.4, -0.2) is 16.8 Å². The summed E-state index contributed by atoms with van der Waals surface area (Å²) in [5.41, 5.74) is 2.02. The molecule has 1 unspecified atom stereocenters. The van der Waals surface area contributed by atoms with Crippen LogP contribution in [0, 0.1) is 5.82 Å². The van der Waals surface area contributed by atoms with Gasteiger partial charge in [-0.1, -0.05) is 54.1 Å². The highest BCUT2D eigenvalue weighted by atomic mass is 35.5. The van der Waals surface area contributed by atoms with E-state index in [-0.39, 0.29) is 17.8 Å². The van der Waals surface area contributed by atoms with Gasteiger partial charge in [0.15, 0.2) is 11.5 Å². The van der Waals surface area contributed by atoms with Crippen molar-refractivity contribution in [3.63, 3.8) is 0 Å². The summed E-state index contributed by atoms with van der Waals surface area (Å²) in [5, 5.41) is 11.2. The zero-order valence-electron chi connectivity index (χ0n) is 16.5. The number of hydrogen-bond acceptors (Lipinski definition) is 3. The molecule has 3 aromatic rings. The molecular weight excluding hydrogens is 417 g/mol. The summed E-state index contributed by atoms with van der Waals surface area (Å²) < 4.78 is 13.4. The van der Waals surface area contributed by atoms with Crippen LogP contribution < -0.4 is 4.90 Å². The molecule has 1 amide bonds. The maximum atomic E-state index is 13.4. The summed E-state index contributed by atoms with van der Waals surface area (Å²) in [6.45, 7) is 0. The number of ketones is 1. The first-order valence-corrected chi connectivity index (χ1v) is 10.2. The van der Waals surface area contributed by atoms with E-state index >= 15 is 0 Å². The highest BCUT2D eigenvalue weighted by Gasteiger charge is 2.44. The molecule has 6 heteroatoms. The molecule has 0 spiro atoms. The summed E-state index contributed by atoms with van der Waals surface area (Å²) in [5.74, 6) is -2.05. The first-order chi connectivity index (χ1) is 15.0. The van der Waals surface area contributed by atoms with E-state index in [1.165, 1.54) is 29.2 Å². The van der Waals surface area contributed by atoms with Crippen LogP contribution in [0.2, 0.25) is 5.02 Å². The third-order valence-electron chi connectivity index (χ3n) is 5.28. The van der Waals surface area contributed by atoms with Crippen LogP contribution in [0.15, 0.2) is 90.2 Å². The summed E-state index contributed by atoms with van der Waals surface area (Å²) in [4.78, 5) is 27.5. The van der Waals surface area contributed by atoms with Crippen molar-refractivity contribution in [2.45, 2.75) is 18.9 Å². The maximum Gasteiger partial charge on any atom is 0.294 e. The molecule has 1 N–H and O–H groups in total. The topological polar surface area (TPSA) is 57.6 Å². The number of aliphatic hydroxyl groups is 1. The lowest BCUT2D eigenvalue weighted by Gasteiger charge is -2.27. The van der Waals surface area contributed by atoms with Gasteiger partial charge in [0.1, 0.15) is 5.82 Å². The van der Waals surface area contributed by atoms with E-state index in [0.29, 0.717) is 22.7 Å². The minimum Gasteiger partial charge on any atom is -0.503 e. The minimum atomic E-state index is -0.835. The number of aryl methyl sites for hydroxylation is 1. The van der Waals surface area contributed by atoms with Crippen molar-refractivity contribution in [1.82, 2.24) is 0 Å². The fraction of sp³-hybridized carbons (Fsp3) is 0.120. The van der Waals surface area contributed by atoms with Gasteiger partial charge in [-0.3, -0.25) is 14.5 Å². The van der Waals surface area contributed by atoms with Crippen molar-refractivity contribution >= 4 is 29.0 Å². The zero-order valence-corrected chi connectivity index (χ0v) is 17.2. The Morgan fingerprint density at radius 1 is 0.968 bits per heavy atom. The van der Waals surface area contributed by atoms with Gasteiger partial charge in [-0.05, 0) is 53.9 Å². The molecule has 0 radical (unpaired) electrons. The van der Waals surface area contributed by atoms with E-state index in [0.717, 1.165) is 5.56 Å². The van der Waals surface area contributed by atoms with Crippen molar-refractivity contribution in [2.75, 3.05) is 4.90 Å². The van der Waals surface area contributed by atoms with E-state index in [2.05, 4.69) is 0 Å². The van der Waals surface area contributed by atoms with E-state index in [1.807, 2.05) is 30.3 Å². The Hall–Kier alpha value is -3.44. The van der Waals surface area contributed by atoms with Crippen molar-refractivity contribution in [2.24, 2.45) is 0 Å². The second-order valence-electron chi connectivity index (χ2n) is 7.28. The monoisotopic (exact) mass is 435 g/mol. The van der Waals surface area contributed by atoms with Gasteiger partial charge in [0, 0.05) is 17.1 Å². The number of benzene rings is 3. The number of amides is 1. The Bertz CT molecular complexity index is 1140. The maximum absolute atomic E-state index is 13.4. The molecule has 1 aliphatic heterocycles. The molecule has 0 saturated carbocycles. The number of carbonyl (C=O) groups excluding carboxylic acids is 2. The predicted molar refractivity (Wildman–Crippen MR) is 118 cm³/mol. The molecule has 0 bridgehead atoms. The molecule has 4 nitrogen and oxygen atoms in total. The molecule has 156 valence electrons. The lowest BCUT2D eigenvalue weighted by molar-refractivity contribution is -0.118. The summed E-state index contributed by atoms with van der Waals surface area (Å²) in [6, 6.07) is 20.8. The molecule has 0 saturated heterocycles. The van der Waals surface area contributed by atoms with E-state index < -0.39 is 23.5 Å². The van der Waals surface area contributed by atoms with Gasteiger partial charge in [0.05, 0.1) is 11.6 Å². The Morgan fingerprint density at radius 2 is 1.61 bits per heavy atom. The molecule has 1 aliphatic rings. The largest absolute Gasteiger partial charge is 0.503 e. The predicted octanol–water partition coefficient (Wildman–Crippen LogP) is 5.58. The van der Waals surface area contributed by atoms with Crippen LogP contribution in [0.1, 0.15) is 23.6 Å². The number of Topliss-reactive ketones (excluding diaryl/α,β-unsaturated/α-hetero) is 1. The minimum absolute atomic E-state index is 0.0348. The molecule has 1 heterocycles. The van der Waals surface area contributed by atoms with Gasteiger partial charge in [0.25, 0.3) is 5.91 Å². The lowest BCUT2D eigenvalue weighted by Crippen LogP contribution is -2.31. The average molecular weight is 436 g/mol. The standard InChI is InChI=1S/C25H19ClFNO3/c26-18-9-7-17(8-10-18)23-22(21(29)15-6-16-4-2-1-3-5-16)24(30)25(31)28(23)20-13-11-19(27)12-14-20/h1-5,7-14,23,30H,6,15H2. The fourth-order valence-electron chi connectivity index (χ4n) is 3.76. The number of hydrogen-bond donors (Lipinski definition) is 1. The number of anilines is 1. The first-order valence-electron chi connectivity index (χ1n) is 9.80. The second-order valence-corrected chi connectivity index (χ2v) is 7.71. The zero-order chi connectivity index (χ0) is 22.0. The van der Waals surface area contributed by atoms with Gasteiger partial charge in [-0.15, -0.1) is 0 Å². The Kier molecular flexibility index (Phi) is 5.87. The molecule has 31 heavy (non-hydrogen) atoms. The number of halogens is 2. The molecule has 0 aromatic heterocycles. The van der Waals surface area contributed by atoms with Gasteiger partial charge in [-0.2, -0.15) is 0 Å². The summed E-state index contributed by atoms with van der Waals surface area (Å²) in [7, 11) is 0. The first kappa shape index (κ1) is 20.8. The number of aliphatic hydroxyl groups excluding tert-OH is 1. The van der Waals surface area contributed by atoms with Crippen LogP contribution >= 0.6 is 11.6 Å². The smallest absolute Gasteiger partial charge is 0.294 e. The van der Waals surface area contributed by atoms with Crippen LogP contribution in [0.3, 0.4) is 0 Å². The van der Waals surface area contributed by atoms with Crippen LogP contribution in [0.5, 0.6) is 0 Å². The van der Waals surface area contributed by atoms with E-state index in [4.69, 9.17) is 11.6 Å². The number of nitrogens with zero attached hydrogens (tertiary/aromatic N) is 1.